The van der Waals surface area contributed by atoms with Crippen molar-refractivity contribution < 1.29 is 4.74 Å². The second-order valence-electron chi connectivity index (χ2n) is 4.01. The number of hydrogen-bond donors (Lipinski definition) is 0. The van der Waals surface area contributed by atoms with Gasteiger partial charge in [-0.2, -0.15) is 4.98 Å². The summed E-state index contributed by atoms with van der Waals surface area (Å²) in [5, 5.41) is 0.236. The van der Waals surface area contributed by atoms with Crippen LogP contribution in [0.25, 0.3) is 0 Å². The quantitative estimate of drug-likeness (QED) is 0.573. The molecule has 0 aliphatic carbocycles. The molecule has 84 valence electrons. The van der Waals surface area contributed by atoms with Gasteiger partial charge < -0.3 is 4.74 Å². The van der Waals surface area contributed by atoms with Crippen LogP contribution >= 0.6 is 11.6 Å². The van der Waals surface area contributed by atoms with Crippen LogP contribution in [0.3, 0.4) is 0 Å². The molecule has 0 spiro atoms. The minimum absolute atomic E-state index is 0.236. The van der Waals surface area contributed by atoms with Crippen molar-refractivity contribution in [2.45, 2.75) is 33.6 Å². The molecule has 1 aromatic rings. The van der Waals surface area contributed by atoms with Crippen LogP contribution < -0.4 is 4.74 Å². The molecule has 1 heterocycles. The molecular weight excluding hydrogens is 212 g/mol. The summed E-state index contributed by atoms with van der Waals surface area (Å²) < 4.78 is 5.53. The van der Waals surface area contributed by atoms with E-state index in [1.165, 1.54) is 0 Å². The maximum absolute atomic E-state index is 5.68. The average molecular weight is 229 g/mol. The van der Waals surface area contributed by atoms with Gasteiger partial charge in [0.15, 0.2) is 0 Å². The molecule has 4 heteroatoms. The summed E-state index contributed by atoms with van der Waals surface area (Å²) in [6, 6.07) is 0. The van der Waals surface area contributed by atoms with Gasteiger partial charge in [0.25, 0.3) is 0 Å². The van der Waals surface area contributed by atoms with Crippen molar-refractivity contribution in [1.29, 1.82) is 0 Å². The summed E-state index contributed by atoms with van der Waals surface area (Å²) in [5.74, 6) is 1.31. The molecule has 1 rings (SSSR count). The molecule has 0 saturated carbocycles. The Bertz CT molecular complexity index is 315. The lowest BCUT2D eigenvalue weighted by Crippen LogP contribution is -2.03. The van der Waals surface area contributed by atoms with Gasteiger partial charge in [-0.15, -0.1) is 0 Å². The molecule has 0 saturated heterocycles. The highest BCUT2D eigenvalue weighted by Gasteiger charge is 2.03. The van der Waals surface area contributed by atoms with E-state index in [0.29, 0.717) is 18.4 Å². The van der Waals surface area contributed by atoms with Crippen LogP contribution in [0.5, 0.6) is 5.88 Å². The molecule has 1 aromatic heterocycles. The Labute approximate surface area is 95.8 Å². The fourth-order valence-electron chi connectivity index (χ4n) is 1.21. The zero-order valence-electron chi connectivity index (χ0n) is 9.46. The Hall–Kier alpha value is -0.830. The summed E-state index contributed by atoms with van der Waals surface area (Å²) >= 11 is 5.68. The SMILES string of the molecule is Cc1cnc(Cl)nc1OCCCC(C)C. The predicted octanol–water partition coefficient (Wildman–Crippen LogP) is 3.25. The van der Waals surface area contributed by atoms with E-state index in [-0.39, 0.29) is 5.28 Å². The molecule has 3 nitrogen and oxygen atoms in total. The third-order valence-corrected chi connectivity index (χ3v) is 2.24. The van der Waals surface area contributed by atoms with Gasteiger partial charge in [0.1, 0.15) is 0 Å². The Morgan fingerprint density at radius 1 is 1.47 bits per heavy atom. The molecule has 0 aromatic carbocycles. The van der Waals surface area contributed by atoms with Gasteiger partial charge in [-0.05, 0) is 37.3 Å². The molecule has 0 aliphatic rings. The van der Waals surface area contributed by atoms with Crippen LogP contribution in [0.15, 0.2) is 6.20 Å². The number of hydrogen-bond acceptors (Lipinski definition) is 3. The first-order chi connectivity index (χ1) is 7.09. The molecule has 0 fully saturated rings. The Kier molecular flexibility index (Phi) is 4.82. The van der Waals surface area contributed by atoms with Crippen molar-refractivity contribution in [2.75, 3.05) is 6.61 Å². The largest absolute Gasteiger partial charge is 0.477 e. The number of rotatable bonds is 5. The van der Waals surface area contributed by atoms with E-state index in [9.17, 15) is 0 Å². The molecule has 0 bridgehead atoms. The van der Waals surface area contributed by atoms with E-state index in [1.54, 1.807) is 6.20 Å². The number of nitrogens with zero attached hydrogens (tertiary/aromatic N) is 2. The monoisotopic (exact) mass is 228 g/mol. The first kappa shape index (κ1) is 12.2. The Morgan fingerprint density at radius 2 is 2.20 bits per heavy atom. The van der Waals surface area contributed by atoms with Crippen LogP contribution in [-0.4, -0.2) is 16.6 Å². The van der Waals surface area contributed by atoms with Gasteiger partial charge in [0.05, 0.1) is 6.61 Å². The third kappa shape index (κ3) is 4.47. The summed E-state index contributed by atoms with van der Waals surface area (Å²) in [6.07, 6.45) is 3.88. The molecule has 0 amide bonds. The zero-order chi connectivity index (χ0) is 11.3. The minimum Gasteiger partial charge on any atom is -0.477 e. The van der Waals surface area contributed by atoms with E-state index in [2.05, 4.69) is 23.8 Å². The van der Waals surface area contributed by atoms with E-state index in [1.807, 2.05) is 6.92 Å². The second kappa shape index (κ2) is 5.91. The van der Waals surface area contributed by atoms with Gasteiger partial charge in [-0.3, -0.25) is 0 Å². The first-order valence-corrected chi connectivity index (χ1v) is 5.59. The zero-order valence-corrected chi connectivity index (χ0v) is 10.2. The highest BCUT2D eigenvalue weighted by Crippen LogP contribution is 2.15. The number of aromatic nitrogens is 2. The van der Waals surface area contributed by atoms with E-state index in [4.69, 9.17) is 16.3 Å². The van der Waals surface area contributed by atoms with Crippen molar-refractivity contribution in [1.82, 2.24) is 9.97 Å². The van der Waals surface area contributed by atoms with Crippen LogP contribution in [0, 0.1) is 12.8 Å². The maximum Gasteiger partial charge on any atom is 0.225 e. The van der Waals surface area contributed by atoms with Crippen molar-refractivity contribution in [3.05, 3.63) is 17.0 Å². The van der Waals surface area contributed by atoms with Gasteiger partial charge in [-0.1, -0.05) is 13.8 Å². The molecule has 0 aliphatic heterocycles. The molecular formula is C11H17ClN2O. The van der Waals surface area contributed by atoms with E-state index < -0.39 is 0 Å². The van der Waals surface area contributed by atoms with E-state index in [0.717, 1.165) is 18.4 Å². The topological polar surface area (TPSA) is 35.0 Å². The number of halogens is 1. The predicted molar refractivity (Wildman–Crippen MR) is 61.3 cm³/mol. The smallest absolute Gasteiger partial charge is 0.225 e. The van der Waals surface area contributed by atoms with Crippen molar-refractivity contribution in [3.8, 4) is 5.88 Å². The van der Waals surface area contributed by atoms with Crippen LogP contribution in [0.2, 0.25) is 5.28 Å². The summed E-state index contributed by atoms with van der Waals surface area (Å²) in [5.41, 5.74) is 0.920. The lowest BCUT2D eigenvalue weighted by Gasteiger charge is -2.08. The standard InChI is InChI=1S/C11H17ClN2O/c1-8(2)5-4-6-15-10-9(3)7-13-11(12)14-10/h7-8H,4-6H2,1-3H3. The first-order valence-electron chi connectivity index (χ1n) is 5.21. The minimum atomic E-state index is 0.236. The highest BCUT2D eigenvalue weighted by molar-refractivity contribution is 6.28. The van der Waals surface area contributed by atoms with Gasteiger partial charge in [0, 0.05) is 11.8 Å². The van der Waals surface area contributed by atoms with Gasteiger partial charge >= 0.3 is 0 Å². The number of ether oxygens (including phenoxy) is 1. The average Bonchev–Trinajstić information content (AvgIpc) is 2.17. The summed E-state index contributed by atoms with van der Waals surface area (Å²) in [6.45, 7) is 7.00. The van der Waals surface area contributed by atoms with Gasteiger partial charge in [0.2, 0.25) is 11.2 Å². The third-order valence-electron chi connectivity index (χ3n) is 2.06. The molecule has 0 radical (unpaired) electrons. The summed E-state index contributed by atoms with van der Waals surface area (Å²) in [4.78, 5) is 7.89. The second-order valence-corrected chi connectivity index (χ2v) is 4.35. The fraction of sp³-hybridized carbons (Fsp3) is 0.636. The lowest BCUT2D eigenvalue weighted by molar-refractivity contribution is 0.284. The van der Waals surface area contributed by atoms with Gasteiger partial charge in [-0.25, -0.2) is 4.98 Å². The molecule has 0 unspecified atom stereocenters. The molecule has 0 atom stereocenters. The Balaban J connectivity index is 2.40. The van der Waals surface area contributed by atoms with Crippen molar-refractivity contribution in [2.24, 2.45) is 5.92 Å². The van der Waals surface area contributed by atoms with Crippen LogP contribution in [0.4, 0.5) is 0 Å². The number of aryl methyl sites for hydroxylation is 1. The maximum atomic E-state index is 5.68. The lowest BCUT2D eigenvalue weighted by atomic mass is 10.1. The van der Waals surface area contributed by atoms with Crippen LogP contribution in [-0.2, 0) is 0 Å². The molecule has 0 N–H and O–H groups in total. The fourth-order valence-corrected chi connectivity index (χ4v) is 1.34. The normalized spacial score (nSPS) is 10.7. The Morgan fingerprint density at radius 3 is 2.87 bits per heavy atom. The summed E-state index contributed by atoms with van der Waals surface area (Å²) in [7, 11) is 0. The highest BCUT2D eigenvalue weighted by atomic mass is 35.5. The van der Waals surface area contributed by atoms with Crippen LogP contribution in [0.1, 0.15) is 32.3 Å². The van der Waals surface area contributed by atoms with E-state index >= 15 is 0 Å². The van der Waals surface area contributed by atoms with Crippen molar-refractivity contribution in [3.63, 3.8) is 0 Å². The molecule has 15 heavy (non-hydrogen) atoms. The van der Waals surface area contributed by atoms with Crippen molar-refractivity contribution >= 4 is 11.6 Å².